The fourth-order valence-corrected chi connectivity index (χ4v) is 3.30. The van der Waals surface area contributed by atoms with Gasteiger partial charge in [0.15, 0.2) is 0 Å². The lowest BCUT2D eigenvalue weighted by molar-refractivity contribution is 0.102. The summed E-state index contributed by atoms with van der Waals surface area (Å²) in [4.78, 5) is 32.0. The zero-order valence-corrected chi connectivity index (χ0v) is 17.7. The van der Waals surface area contributed by atoms with Gasteiger partial charge in [0.1, 0.15) is 5.69 Å². The van der Waals surface area contributed by atoms with E-state index < -0.39 is 0 Å². The SMILES string of the molecule is CN(C)CCN(C)c1ccc(Br)cc1NC(=O)c1cc2ccccc2c(=O)[nH]1. The number of nitrogens with zero attached hydrogens (tertiary/aromatic N) is 2. The molecule has 0 radical (unpaired) electrons. The minimum atomic E-state index is -0.358. The van der Waals surface area contributed by atoms with Gasteiger partial charge in [-0.1, -0.05) is 34.1 Å². The van der Waals surface area contributed by atoms with Crippen LogP contribution in [0.3, 0.4) is 0 Å². The molecule has 1 amide bonds. The van der Waals surface area contributed by atoms with Gasteiger partial charge in [-0.25, -0.2) is 0 Å². The van der Waals surface area contributed by atoms with Crippen molar-refractivity contribution in [1.82, 2.24) is 9.88 Å². The number of fused-ring (bicyclic) bond motifs is 1. The Morgan fingerprint density at radius 1 is 1.07 bits per heavy atom. The lowest BCUT2D eigenvalue weighted by Crippen LogP contribution is -2.29. The molecule has 0 saturated carbocycles. The molecule has 0 fully saturated rings. The molecular weight excluding hydrogens is 420 g/mol. The van der Waals surface area contributed by atoms with Crippen molar-refractivity contribution in [2.24, 2.45) is 0 Å². The van der Waals surface area contributed by atoms with Crippen LogP contribution in [-0.2, 0) is 0 Å². The molecule has 2 N–H and O–H groups in total. The molecule has 0 saturated heterocycles. The summed E-state index contributed by atoms with van der Waals surface area (Å²) in [6, 6.07) is 14.7. The second kappa shape index (κ2) is 8.58. The van der Waals surface area contributed by atoms with Crippen molar-refractivity contribution in [3.63, 3.8) is 0 Å². The first-order chi connectivity index (χ1) is 13.3. The maximum atomic E-state index is 12.8. The lowest BCUT2D eigenvalue weighted by Gasteiger charge is -2.24. The monoisotopic (exact) mass is 442 g/mol. The van der Waals surface area contributed by atoms with Crippen molar-refractivity contribution in [1.29, 1.82) is 0 Å². The van der Waals surface area contributed by atoms with E-state index in [0.717, 1.165) is 28.6 Å². The summed E-state index contributed by atoms with van der Waals surface area (Å²) in [6.45, 7) is 1.70. The topological polar surface area (TPSA) is 68.4 Å². The van der Waals surface area contributed by atoms with Crippen LogP contribution in [0.15, 0.2) is 57.8 Å². The van der Waals surface area contributed by atoms with Gasteiger partial charge in [0.25, 0.3) is 11.5 Å². The Morgan fingerprint density at radius 2 is 1.82 bits per heavy atom. The number of anilines is 2. The average Bonchev–Trinajstić information content (AvgIpc) is 2.66. The van der Waals surface area contributed by atoms with Crippen LogP contribution in [0.25, 0.3) is 10.8 Å². The van der Waals surface area contributed by atoms with E-state index in [1.165, 1.54) is 0 Å². The van der Waals surface area contributed by atoms with E-state index in [1.54, 1.807) is 18.2 Å². The Labute approximate surface area is 172 Å². The summed E-state index contributed by atoms with van der Waals surface area (Å²) < 4.78 is 0.861. The number of benzene rings is 2. The molecule has 0 aliphatic carbocycles. The first-order valence-electron chi connectivity index (χ1n) is 8.94. The van der Waals surface area contributed by atoms with Gasteiger partial charge in [-0.3, -0.25) is 9.59 Å². The fourth-order valence-electron chi connectivity index (χ4n) is 2.93. The lowest BCUT2D eigenvalue weighted by atomic mass is 10.1. The zero-order chi connectivity index (χ0) is 20.3. The van der Waals surface area contributed by atoms with E-state index >= 15 is 0 Å². The second-order valence-corrected chi connectivity index (χ2v) is 7.86. The summed E-state index contributed by atoms with van der Waals surface area (Å²) in [5, 5.41) is 4.23. The maximum Gasteiger partial charge on any atom is 0.272 e. The Hall–Kier alpha value is -2.64. The van der Waals surface area contributed by atoms with Gasteiger partial charge in [-0.15, -0.1) is 0 Å². The number of H-pyrrole nitrogens is 1. The number of pyridine rings is 1. The molecule has 146 valence electrons. The minimum Gasteiger partial charge on any atom is -0.372 e. The molecule has 0 aliphatic rings. The predicted molar refractivity (Wildman–Crippen MR) is 118 cm³/mol. The van der Waals surface area contributed by atoms with E-state index in [9.17, 15) is 9.59 Å². The summed E-state index contributed by atoms with van der Waals surface area (Å²) in [6.07, 6.45) is 0. The van der Waals surface area contributed by atoms with Gasteiger partial charge in [-0.2, -0.15) is 0 Å². The molecule has 0 bridgehead atoms. The number of hydrogen-bond acceptors (Lipinski definition) is 4. The smallest absolute Gasteiger partial charge is 0.272 e. The van der Waals surface area contributed by atoms with Crippen LogP contribution in [0.2, 0.25) is 0 Å². The summed E-state index contributed by atoms with van der Waals surface area (Å²) in [7, 11) is 6.03. The van der Waals surface area contributed by atoms with Crippen LogP contribution in [0.5, 0.6) is 0 Å². The van der Waals surface area contributed by atoms with Gasteiger partial charge < -0.3 is 20.1 Å². The van der Waals surface area contributed by atoms with Crippen molar-refractivity contribution < 1.29 is 4.79 Å². The largest absolute Gasteiger partial charge is 0.372 e. The maximum absolute atomic E-state index is 12.8. The van der Waals surface area contributed by atoms with Crippen molar-refractivity contribution in [2.75, 3.05) is 44.4 Å². The number of rotatable bonds is 6. The highest BCUT2D eigenvalue weighted by atomic mass is 79.9. The highest BCUT2D eigenvalue weighted by Gasteiger charge is 2.14. The minimum absolute atomic E-state index is 0.227. The number of carbonyl (C=O) groups is 1. The van der Waals surface area contributed by atoms with Crippen LogP contribution in [0.4, 0.5) is 11.4 Å². The molecule has 7 heteroatoms. The van der Waals surface area contributed by atoms with E-state index in [4.69, 9.17) is 0 Å². The van der Waals surface area contributed by atoms with E-state index in [-0.39, 0.29) is 17.2 Å². The van der Waals surface area contributed by atoms with Crippen LogP contribution >= 0.6 is 15.9 Å². The van der Waals surface area contributed by atoms with Crippen LogP contribution in [-0.4, -0.2) is 50.0 Å². The van der Waals surface area contributed by atoms with Crippen molar-refractivity contribution in [2.45, 2.75) is 0 Å². The first-order valence-corrected chi connectivity index (χ1v) is 9.73. The zero-order valence-electron chi connectivity index (χ0n) is 16.1. The van der Waals surface area contributed by atoms with Gasteiger partial charge in [0.2, 0.25) is 0 Å². The molecule has 3 rings (SSSR count). The van der Waals surface area contributed by atoms with E-state index in [2.05, 4.69) is 36.0 Å². The Balaban J connectivity index is 1.90. The highest BCUT2D eigenvalue weighted by Crippen LogP contribution is 2.29. The molecule has 28 heavy (non-hydrogen) atoms. The van der Waals surface area contributed by atoms with Gasteiger partial charge in [-0.05, 0) is 49.8 Å². The number of hydrogen-bond donors (Lipinski definition) is 2. The Bertz CT molecular complexity index is 1060. The number of halogens is 1. The Kier molecular flexibility index (Phi) is 6.16. The molecule has 1 aromatic heterocycles. The normalized spacial score (nSPS) is 11.0. The van der Waals surface area contributed by atoms with Gasteiger partial charge >= 0.3 is 0 Å². The standard InChI is InChI=1S/C21H23BrN4O2/c1-25(2)10-11-26(3)19-9-8-15(22)13-17(19)23-21(28)18-12-14-6-4-5-7-16(14)20(27)24-18/h4-9,12-13H,10-11H2,1-3H3,(H,23,28)(H,24,27). The van der Waals surface area contributed by atoms with Gasteiger partial charge in [0, 0.05) is 30.0 Å². The highest BCUT2D eigenvalue weighted by molar-refractivity contribution is 9.10. The summed E-state index contributed by atoms with van der Waals surface area (Å²) >= 11 is 3.46. The van der Waals surface area contributed by atoms with Crippen LogP contribution in [0, 0.1) is 0 Å². The predicted octanol–water partition coefficient (Wildman–Crippen LogP) is 3.54. The van der Waals surface area contributed by atoms with E-state index in [0.29, 0.717) is 11.1 Å². The molecule has 0 spiro atoms. The van der Waals surface area contributed by atoms with Gasteiger partial charge in [0.05, 0.1) is 11.4 Å². The van der Waals surface area contributed by atoms with E-state index in [1.807, 2.05) is 51.5 Å². The third kappa shape index (κ3) is 4.61. The number of likely N-dealkylation sites (N-methyl/N-ethyl adjacent to an activating group) is 2. The number of amides is 1. The molecule has 0 unspecified atom stereocenters. The number of nitrogens with one attached hydrogen (secondary N) is 2. The summed E-state index contributed by atoms with van der Waals surface area (Å²) in [5.74, 6) is -0.358. The van der Waals surface area contributed by atoms with Crippen molar-refractivity contribution in [3.8, 4) is 0 Å². The molecule has 0 aliphatic heterocycles. The average molecular weight is 443 g/mol. The summed E-state index contributed by atoms with van der Waals surface area (Å²) in [5.41, 5.74) is 1.53. The molecule has 2 aromatic carbocycles. The molecule has 3 aromatic rings. The number of aromatic nitrogens is 1. The second-order valence-electron chi connectivity index (χ2n) is 6.94. The molecule has 0 atom stereocenters. The number of carbonyl (C=O) groups excluding carboxylic acids is 1. The van der Waals surface area contributed by atoms with Crippen LogP contribution < -0.4 is 15.8 Å². The fraction of sp³-hybridized carbons (Fsp3) is 0.238. The molecular formula is C21H23BrN4O2. The molecule has 6 nitrogen and oxygen atoms in total. The van der Waals surface area contributed by atoms with Crippen molar-refractivity contribution in [3.05, 3.63) is 69.1 Å². The molecule has 1 heterocycles. The third-order valence-electron chi connectivity index (χ3n) is 4.50. The quantitative estimate of drug-likeness (QED) is 0.612. The van der Waals surface area contributed by atoms with Crippen LogP contribution in [0.1, 0.15) is 10.5 Å². The Morgan fingerprint density at radius 3 is 2.57 bits per heavy atom. The first kappa shape index (κ1) is 20.1. The number of aromatic amines is 1. The third-order valence-corrected chi connectivity index (χ3v) is 4.99. The van der Waals surface area contributed by atoms with Crippen molar-refractivity contribution >= 4 is 44.0 Å².